The molecule has 0 aliphatic heterocycles. The van der Waals surface area contributed by atoms with Gasteiger partial charge in [-0.3, -0.25) is 4.99 Å². The molecule has 0 saturated carbocycles. The number of carbonyl (C=O) groups excluding carboxylic acids is 1. The third-order valence-electron chi connectivity index (χ3n) is 1.80. The van der Waals surface area contributed by atoms with Gasteiger partial charge in [-0.25, -0.2) is 4.79 Å². The quantitative estimate of drug-likeness (QED) is 0.596. The first-order valence-electron chi connectivity index (χ1n) is 4.92. The van der Waals surface area contributed by atoms with E-state index >= 15 is 0 Å². The van der Waals surface area contributed by atoms with Gasteiger partial charge in [0, 0.05) is 11.8 Å². The number of carbonyl (C=O) groups is 1. The van der Waals surface area contributed by atoms with Crippen LogP contribution in [0.1, 0.15) is 19.4 Å². The summed E-state index contributed by atoms with van der Waals surface area (Å²) < 4.78 is 4.82. The smallest absolute Gasteiger partial charge is 0.330 e. The third-order valence-corrected chi connectivity index (χ3v) is 2.02. The van der Waals surface area contributed by atoms with E-state index in [1.165, 1.54) is 0 Å². The van der Waals surface area contributed by atoms with Crippen molar-refractivity contribution in [2.24, 2.45) is 4.99 Å². The van der Waals surface area contributed by atoms with Crippen molar-refractivity contribution in [1.82, 2.24) is 0 Å². The minimum Gasteiger partial charge on any atom is -0.464 e. The lowest BCUT2D eigenvalue weighted by atomic mass is 10.3. The van der Waals surface area contributed by atoms with E-state index in [9.17, 15) is 4.79 Å². The summed E-state index contributed by atoms with van der Waals surface area (Å²) in [5.74, 6) is -0.336. The fourth-order valence-electron chi connectivity index (χ4n) is 0.969. The van der Waals surface area contributed by atoms with Crippen LogP contribution < -0.4 is 0 Å². The zero-order valence-electron chi connectivity index (χ0n) is 9.16. The molecule has 4 heteroatoms. The average molecular weight is 238 g/mol. The molecule has 0 spiro atoms. The topological polar surface area (TPSA) is 38.7 Å². The first kappa shape index (κ1) is 12.5. The molecule has 84 valence electrons. The zero-order chi connectivity index (χ0) is 12.0. The highest BCUT2D eigenvalue weighted by molar-refractivity contribution is 6.30. The van der Waals surface area contributed by atoms with E-state index < -0.39 is 6.04 Å². The second-order valence-corrected chi connectivity index (χ2v) is 3.50. The summed E-state index contributed by atoms with van der Waals surface area (Å²) in [6, 6.07) is 8.44. The number of hydrogen-bond acceptors (Lipinski definition) is 3. The van der Waals surface area contributed by atoms with Crippen LogP contribution in [-0.2, 0) is 9.53 Å². The minimum atomic E-state index is -0.510. The van der Waals surface area contributed by atoms with Crippen molar-refractivity contribution in [3.8, 4) is 0 Å². The van der Waals surface area contributed by atoms with Crippen LogP contribution in [0.25, 0.3) is 0 Å². The Morgan fingerprint density at radius 2 is 2.38 bits per heavy atom. The highest BCUT2D eigenvalue weighted by Crippen LogP contribution is 2.03. The van der Waals surface area contributed by atoms with Crippen molar-refractivity contribution in [3.05, 3.63) is 34.9 Å². The average Bonchev–Trinajstić information content (AvgIpc) is 2.28. The Morgan fingerprint density at radius 1 is 1.62 bits per heavy atom. The molecule has 1 aromatic carbocycles. The SMILES string of the molecule is CCOC(=O)C(C)N=Cc1c#cc(Cl)cc1. The molecule has 0 bridgehead atoms. The zero-order valence-corrected chi connectivity index (χ0v) is 9.91. The van der Waals surface area contributed by atoms with Gasteiger partial charge in [-0.15, -0.1) is 0 Å². The molecule has 1 rings (SSSR count). The lowest BCUT2D eigenvalue weighted by molar-refractivity contribution is -0.144. The van der Waals surface area contributed by atoms with Crippen LogP contribution in [0.5, 0.6) is 0 Å². The molecule has 1 unspecified atom stereocenters. The minimum absolute atomic E-state index is 0.336. The summed E-state index contributed by atoms with van der Waals surface area (Å²) in [6.45, 7) is 3.80. The molecule has 0 amide bonds. The Morgan fingerprint density at radius 3 is 2.94 bits per heavy atom. The molecule has 0 radical (unpaired) electrons. The number of hydrogen-bond donors (Lipinski definition) is 0. The molecular weight excluding hydrogens is 226 g/mol. The Labute approximate surface area is 100 Å². The number of halogens is 1. The lowest BCUT2D eigenvalue weighted by Crippen LogP contribution is -2.18. The second-order valence-electron chi connectivity index (χ2n) is 3.09. The summed E-state index contributed by atoms with van der Waals surface area (Å²) in [7, 11) is 0. The summed E-state index contributed by atoms with van der Waals surface area (Å²) in [6.07, 6.45) is 1.55. The van der Waals surface area contributed by atoms with Crippen molar-refractivity contribution >= 4 is 23.8 Å². The van der Waals surface area contributed by atoms with Crippen LogP contribution in [-0.4, -0.2) is 24.8 Å². The normalized spacial score (nSPS) is 12.2. The van der Waals surface area contributed by atoms with Gasteiger partial charge in [0.25, 0.3) is 0 Å². The van der Waals surface area contributed by atoms with Crippen LogP contribution in [0.2, 0.25) is 5.02 Å². The van der Waals surface area contributed by atoms with Gasteiger partial charge in [0.1, 0.15) is 6.04 Å². The van der Waals surface area contributed by atoms with Crippen molar-refractivity contribution in [1.29, 1.82) is 0 Å². The lowest BCUT2D eigenvalue weighted by Gasteiger charge is -2.04. The fourth-order valence-corrected chi connectivity index (χ4v) is 1.08. The maximum atomic E-state index is 11.2. The van der Waals surface area contributed by atoms with Crippen LogP contribution in [0.15, 0.2) is 17.1 Å². The molecule has 0 saturated heterocycles. The van der Waals surface area contributed by atoms with E-state index in [0.717, 1.165) is 5.56 Å². The van der Waals surface area contributed by atoms with Crippen molar-refractivity contribution < 1.29 is 9.53 Å². The summed E-state index contributed by atoms with van der Waals surface area (Å²) in [5.41, 5.74) is 0.723. The molecule has 1 atom stereocenters. The predicted molar refractivity (Wildman–Crippen MR) is 62.8 cm³/mol. The molecule has 1 aromatic rings. The summed E-state index contributed by atoms with van der Waals surface area (Å²) in [5, 5.41) is 0.496. The Kier molecular flexibility index (Phi) is 4.81. The molecule has 0 aliphatic carbocycles. The summed E-state index contributed by atoms with van der Waals surface area (Å²) in [4.78, 5) is 15.3. The first-order chi connectivity index (χ1) is 7.63. The Balaban J connectivity index is 2.59. The van der Waals surface area contributed by atoms with Crippen LogP contribution in [0.4, 0.5) is 0 Å². The molecule has 0 N–H and O–H groups in total. The predicted octanol–water partition coefficient (Wildman–Crippen LogP) is 2.31. The maximum absolute atomic E-state index is 11.2. The van der Waals surface area contributed by atoms with Crippen molar-refractivity contribution in [2.75, 3.05) is 6.61 Å². The first-order valence-corrected chi connectivity index (χ1v) is 5.30. The van der Waals surface area contributed by atoms with Gasteiger partial charge in [0.15, 0.2) is 0 Å². The fraction of sp³-hybridized carbons (Fsp3) is 0.333. The van der Waals surface area contributed by atoms with Crippen LogP contribution >= 0.6 is 11.6 Å². The van der Waals surface area contributed by atoms with Crippen LogP contribution in [0.3, 0.4) is 0 Å². The molecule has 16 heavy (non-hydrogen) atoms. The number of esters is 1. The van der Waals surface area contributed by atoms with Gasteiger partial charge in [0.05, 0.1) is 11.6 Å². The van der Waals surface area contributed by atoms with E-state index in [1.807, 2.05) is 0 Å². The van der Waals surface area contributed by atoms with E-state index in [-0.39, 0.29) is 5.97 Å². The van der Waals surface area contributed by atoms with E-state index in [4.69, 9.17) is 16.3 Å². The number of nitrogens with zero attached hydrogens (tertiary/aromatic N) is 1. The second kappa shape index (κ2) is 6.14. The third kappa shape index (κ3) is 3.92. The van der Waals surface area contributed by atoms with Gasteiger partial charge in [0.2, 0.25) is 0 Å². The molecule has 0 fully saturated rings. The van der Waals surface area contributed by atoms with E-state index in [1.54, 1.807) is 32.2 Å². The van der Waals surface area contributed by atoms with Gasteiger partial charge in [-0.2, -0.15) is 0 Å². The highest BCUT2D eigenvalue weighted by Gasteiger charge is 2.10. The number of ether oxygens (including phenoxy) is 1. The Bertz CT molecular complexity index is 373. The molecular formula is C12H12ClNO2. The van der Waals surface area contributed by atoms with E-state index in [2.05, 4.69) is 17.1 Å². The molecule has 0 aliphatic rings. The number of rotatable bonds is 4. The highest BCUT2D eigenvalue weighted by atomic mass is 35.5. The van der Waals surface area contributed by atoms with E-state index in [0.29, 0.717) is 11.6 Å². The van der Waals surface area contributed by atoms with Crippen LogP contribution in [0, 0.1) is 12.1 Å². The van der Waals surface area contributed by atoms with Gasteiger partial charge in [-0.1, -0.05) is 17.7 Å². The molecule has 0 heterocycles. The van der Waals surface area contributed by atoms with Gasteiger partial charge in [-0.05, 0) is 32.0 Å². The Hall–Kier alpha value is -1.53. The van der Waals surface area contributed by atoms with Crippen molar-refractivity contribution in [2.45, 2.75) is 19.9 Å². The van der Waals surface area contributed by atoms with Gasteiger partial charge >= 0.3 is 5.97 Å². The van der Waals surface area contributed by atoms with Crippen molar-refractivity contribution in [3.63, 3.8) is 0 Å². The summed E-state index contributed by atoms with van der Waals surface area (Å²) >= 11 is 5.66. The standard InChI is InChI=1S/C12H12ClNO2/c1-3-16-12(15)9(2)14-8-10-4-6-11(13)7-5-10/h4,6,8-9H,3H2,1-2H3. The molecule has 3 nitrogen and oxygen atoms in total. The number of aliphatic imine (C=N–C) groups is 1. The largest absolute Gasteiger partial charge is 0.464 e. The molecule has 0 aromatic heterocycles. The monoisotopic (exact) mass is 237 g/mol. The maximum Gasteiger partial charge on any atom is 0.330 e. The van der Waals surface area contributed by atoms with Gasteiger partial charge < -0.3 is 4.74 Å².